The summed E-state index contributed by atoms with van der Waals surface area (Å²) >= 11 is 0. The fourth-order valence-electron chi connectivity index (χ4n) is 9.17. The Balaban J connectivity index is 1.29. The van der Waals surface area contributed by atoms with Gasteiger partial charge in [0.1, 0.15) is 11.8 Å². The summed E-state index contributed by atoms with van der Waals surface area (Å²) in [5, 5.41) is 23.5. The van der Waals surface area contributed by atoms with Gasteiger partial charge in [-0.1, -0.05) is 33.3 Å². The van der Waals surface area contributed by atoms with Gasteiger partial charge >= 0.3 is 5.97 Å². The number of carbonyl (C=O) groups is 3. The number of allylic oxidation sites excluding steroid dienone is 4. The second kappa shape index (κ2) is 11.2. The summed E-state index contributed by atoms with van der Waals surface area (Å²) in [6.07, 6.45) is 2.55. The fourth-order valence-corrected chi connectivity index (χ4v) is 9.17. The highest BCUT2D eigenvalue weighted by Gasteiger charge is 2.76. The number of hydrogen-bond donors (Lipinski definition) is 2. The van der Waals surface area contributed by atoms with Crippen molar-refractivity contribution in [2.75, 3.05) is 45.9 Å². The van der Waals surface area contributed by atoms with E-state index < -0.39 is 76.3 Å². The Morgan fingerprint density at radius 3 is 2.45 bits per heavy atom. The van der Waals surface area contributed by atoms with Gasteiger partial charge in [-0.05, 0) is 68.7 Å². The third kappa shape index (κ3) is 4.63. The number of carbonyl (C=O) groups excluding carboxylic acids is 3. The van der Waals surface area contributed by atoms with E-state index in [1.54, 1.807) is 13.8 Å². The SMILES string of the molecule is CCCCN1CCN(CC(=O)OCC(=O)[C@@]2(O)[C@H](C)CC3C4C[C@H](F)C5=CC(=O)C=C[C@]5(C)[C@@]4(F)[C@@H](O)C[C@@]32C)CC1. The molecule has 10 heteroatoms. The Morgan fingerprint density at radius 1 is 1.12 bits per heavy atom. The molecular formula is C32H46F2N2O6. The number of halogens is 2. The topological polar surface area (TPSA) is 107 Å². The summed E-state index contributed by atoms with van der Waals surface area (Å²) in [6, 6.07) is 0. The lowest BCUT2D eigenvalue weighted by molar-refractivity contribution is -0.224. The van der Waals surface area contributed by atoms with Gasteiger partial charge in [-0.15, -0.1) is 0 Å². The van der Waals surface area contributed by atoms with Crippen molar-refractivity contribution in [2.45, 2.75) is 83.3 Å². The van der Waals surface area contributed by atoms with Crippen LogP contribution in [-0.2, 0) is 19.1 Å². The van der Waals surface area contributed by atoms with E-state index in [1.165, 1.54) is 19.1 Å². The number of alkyl halides is 2. The molecule has 0 aromatic heterocycles. The van der Waals surface area contributed by atoms with Crippen LogP contribution < -0.4 is 0 Å². The first-order chi connectivity index (χ1) is 19.7. The molecule has 0 bridgehead atoms. The molecule has 3 saturated carbocycles. The second-order valence-corrected chi connectivity index (χ2v) is 13.8. The lowest BCUT2D eigenvalue weighted by atomic mass is 9.44. The highest BCUT2D eigenvalue weighted by Crippen LogP contribution is 2.71. The van der Waals surface area contributed by atoms with Crippen molar-refractivity contribution in [1.29, 1.82) is 0 Å². The highest BCUT2D eigenvalue weighted by molar-refractivity contribution is 6.01. The van der Waals surface area contributed by atoms with Crippen LogP contribution in [0.25, 0.3) is 0 Å². The van der Waals surface area contributed by atoms with Crippen LogP contribution in [-0.4, -0.2) is 107 Å². The summed E-state index contributed by atoms with van der Waals surface area (Å²) in [7, 11) is 0. The number of fused-ring (bicyclic) bond motifs is 5. The predicted octanol–water partition coefficient (Wildman–Crippen LogP) is 2.81. The molecule has 1 heterocycles. The summed E-state index contributed by atoms with van der Waals surface area (Å²) in [6.45, 7) is 10.7. The molecule has 1 aliphatic heterocycles. The average Bonchev–Trinajstić information content (AvgIpc) is 3.15. The van der Waals surface area contributed by atoms with Crippen LogP contribution in [0.5, 0.6) is 0 Å². The van der Waals surface area contributed by atoms with Gasteiger partial charge in [0.25, 0.3) is 0 Å². The van der Waals surface area contributed by atoms with Gasteiger partial charge in [0.2, 0.25) is 5.78 Å². The maximum absolute atomic E-state index is 17.3. The van der Waals surface area contributed by atoms with E-state index in [9.17, 15) is 24.6 Å². The Morgan fingerprint density at radius 2 is 1.79 bits per heavy atom. The molecule has 0 spiro atoms. The standard InChI is InChI=1S/C32H46F2N2O6/c1-5-6-9-35-10-12-36(13-11-35)18-28(40)42-19-27(39)32(41)20(2)14-22-23-16-25(33)24-15-21(37)7-8-29(24,3)31(23,34)26(38)17-30(22,32)4/h7-8,15,20,22-23,25-26,38,41H,5-6,9-14,16-19H2,1-4H3/t20-,22?,23?,25+,26+,29+,30+,31+,32+/m1/s1. The summed E-state index contributed by atoms with van der Waals surface area (Å²) in [4.78, 5) is 42.7. The second-order valence-electron chi connectivity index (χ2n) is 13.8. The quantitative estimate of drug-likeness (QED) is 0.415. The minimum atomic E-state index is -2.29. The molecular weight excluding hydrogens is 546 g/mol. The number of esters is 1. The Labute approximate surface area is 247 Å². The average molecular weight is 593 g/mol. The van der Waals surface area contributed by atoms with Crippen molar-refractivity contribution in [3.63, 3.8) is 0 Å². The zero-order valence-corrected chi connectivity index (χ0v) is 25.3. The number of aliphatic hydroxyl groups is 2. The van der Waals surface area contributed by atoms with Crippen LogP contribution >= 0.6 is 0 Å². The molecule has 1 saturated heterocycles. The third-order valence-electron chi connectivity index (χ3n) is 11.6. The fraction of sp³-hybridized carbons (Fsp3) is 0.781. The number of ether oxygens (including phenoxy) is 1. The number of aliphatic hydroxyl groups excluding tert-OH is 1. The van der Waals surface area contributed by atoms with Crippen molar-refractivity contribution < 1.29 is 38.1 Å². The Hall–Kier alpha value is -2.01. The molecule has 8 nitrogen and oxygen atoms in total. The van der Waals surface area contributed by atoms with Crippen molar-refractivity contribution in [3.05, 3.63) is 23.8 Å². The first-order valence-electron chi connectivity index (χ1n) is 15.5. The molecule has 2 unspecified atom stereocenters. The molecule has 5 rings (SSSR count). The maximum Gasteiger partial charge on any atom is 0.320 e. The first-order valence-corrected chi connectivity index (χ1v) is 15.5. The maximum atomic E-state index is 17.3. The molecule has 234 valence electrons. The van der Waals surface area contributed by atoms with Crippen molar-refractivity contribution >= 4 is 17.5 Å². The van der Waals surface area contributed by atoms with E-state index in [4.69, 9.17) is 4.74 Å². The minimum Gasteiger partial charge on any atom is -0.457 e. The van der Waals surface area contributed by atoms with E-state index in [2.05, 4.69) is 11.8 Å². The van der Waals surface area contributed by atoms with Gasteiger partial charge in [-0.3, -0.25) is 19.3 Å². The number of hydrogen-bond acceptors (Lipinski definition) is 8. The van der Waals surface area contributed by atoms with Gasteiger partial charge in [-0.25, -0.2) is 8.78 Å². The molecule has 2 N–H and O–H groups in total. The van der Waals surface area contributed by atoms with E-state index in [1.807, 2.05) is 4.90 Å². The molecule has 4 aliphatic carbocycles. The molecule has 9 atom stereocenters. The van der Waals surface area contributed by atoms with Gasteiger partial charge in [0.05, 0.1) is 12.6 Å². The highest BCUT2D eigenvalue weighted by atomic mass is 19.1. The van der Waals surface area contributed by atoms with E-state index in [0.717, 1.165) is 51.6 Å². The molecule has 5 aliphatic rings. The predicted molar refractivity (Wildman–Crippen MR) is 152 cm³/mol. The zero-order chi connectivity index (χ0) is 30.7. The third-order valence-corrected chi connectivity index (χ3v) is 11.6. The lowest BCUT2D eigenvalue weighted by Gasteiger charge is -2.63. The first kappa shape index (κ1) is 31.4. The van der Waals surface area contributed by atoms with Gasteiger partial charge < -0.3 is 19.8 Å². The molecule has 0 aromatic carbocycles. The summed E-state index contributed by atoms with van der Waals surface area (Å²) < 4.78 is 38.3. The van der Waals surface area contributed by atoms with Crippen molar-refractivity contribution in [3.8, 4) is 0 Å². The molecule has 4 fully saturated rings. The molecule has 0 aromatic rings. The zero-order valence-electron chi connectivity index (χ0n) is 25.3. The van der Waals surface area contributed by atoms with Crippen molar-refractivity contribution in [1.82, 2.24) is 9.80 Å². The van der Waals surface area contributed by atoms with Crippen LogP contribution in [0.2, 0.25) is 0 Å². The summed E-state index contributed by atoms with van der Waals surface area (Å²) in [5.41, 5.74) is -7.05. The lowest BCUT2D eigenvalue weighted by Crippen LogP contribution is -2.70. The number of unbranched alkanes of at least 4 members (excludes halogenated alkanes) is 1. The minimum absolute atomic E-state index is 0.0306. The summed E-state index contributed by atoms with van der Waals surface area (Å²) in [5.74, 6) is -3.89. The molecule has 0 radical (unpaired) electrons. The van der Waals surface area contributed by atoms with Crippen molar-refractivity contribution in [2.24, 2.45) is 28.6 Å². The largest absolute Gasteiger partial charge is 0.457 e. The van der Waals surface area contributed by atoms with Gasteiger partial charge in [-0.2, -0.15) is 0 Å². The number of ketones is 2. The monoisotopic (exact) mass is 592 g/mol. The van der Waals surface area contributed by atoms with Crippen LogP contribution in [0.1, 0.15) is 59.8 Å². The molecule has 0 amide bonds. The van der Waals surface area contributed by atoms with E-state index >= 15 is 8.78 Å². The van der Waals surface area contributed by atoms with E-state index in [-0.39, 0.29) is 31.4 Å². The van der Waals surface area contributed by atoms with Crippen LogP contribution in [0.15, 0.2) is 23.8 Å². The number of rotatable bonds is 8. The van der Waals surface area contributed by atoms with Crippen LogP contribution in [0.4, 0.5) is 8.78 Å². The van der Waals surface area contributed by atoms with Crippen LogP contribution in [0, 0.1) is 28.6 Å². The smallest absolute Gasteiger partial charge is 0.320 e. The number of piperazine rings is 1. The van der Waals surface area contributed by atoms with Gasteiger partial charge in [0, 0.05) is 42.9 Å². The Bertz CT molecular complexity index is 1170. The number of Topliss-reactive ketones (excluding diaryl/α,β-unsaturated/α-hetero) is 1. The molecule has 42 heavy (non-hydrogen) atoms. The van der Waals surface area contributed by atoms with E-state index in [0.29, 0.717) is 0 Å². The van der Waals surface area contributed by atoms with Crippen LogP contribution in [0.3, 0.4) is 0 Å². The Kier molecular flexibility index (Phi) is 8.35. The van der Waals surface area contributed by atoms with Gasteiger partial charge in [0.15, 0.2) is 18.1 Å². The normalized spacial score (nSPS) is 43.8. The number of nitrogens with zero attached hydrogens (tertiary/aromatic N) is 2.